The number of carbonyl (C=O) groups is 2. The van der Waals surface area contributed by atoms with Gasteiger partial charge in [0.25, 0.3) is 0 Å². The van der Waals surface area contributed by atoms with Crippen LogP contribution >= 0.6 is 11.3 Å². The SMILES string of the molecule is CN(Cc1nc2ccccc2s1)CN1C(=O)CC2(CCCC2)C1=O. The van der Waals surface area contributed by atoms with Crippen molar-refractivity contribution in [1.29, 1.82) is 0 Å². The Morgan fingerprint density at radius 1 is 1.25 bits per heavy atom. The van der Waals surface area contributed by atoms with E-state index in [0.717, 1.165) is 36.2 Å². The van der Waals surface area contributed by atoms with Gasteiger partial charge in [0.15, 0.2) is 0 Å². The quantitative estimate of drug-likeness (QED) is 0.801. The molecule has 1 aromatic carbocycles. The lowest BCUT2D eigenvalue weighted by molar-refractivity contribution is -0.143. The summed E-state index contributed by atoms with van der Waals surface area (Å²) < 4.78 is 1.17. The second kappa shape index (κ2) is 5.93. The molecule has 1 saturated carbocycles. The molecule has 2 amide bonds. The number of para-hydroxylation sites is 1. The Morgan fingerprint density at radius 3 is 2.75 bits per heavy atom. The van der Waals surface area contributed by atoms with E-state index in [1.807, 2.05) is 30.1 Å². The maximum absolute atomic E-state index is 12.7. The van der Waals surface area contributed by atoms with E-state index >= 15 is 0 Å². The van der Waals surface area contributed by atoms with Gasteiger partial charge in [-0.3, -0.25) is 19.4 Å². The monoisotopic (exact) mass is 343 g/mol. The van der Waals surface area contributed by atoms with Crippen LogP contribution in [0.5, 0.6) is 0 Å². The molecule has 24 heavy (non-hydrogen) atoms. The van der Waals surface area contributed by atoms with Crippen LogP contribution in [-0.4, -0.2) is 40.3 Å². The van der Waals surface area contributed by atoms with Crippen LogP contribution in [0.25, 0.3) is 10.2 Å². The minimum atomic E-state index is -0.381. The first-order chi connectivity index (χ1) is 11.6. The first-order valence-electron chi connectivity index (χ1n) is 8.45. The summed E-state index contributed by atoms with van der Waals surface area (Å²) in [5.41, 5.74) is 0.623. The number of thiazole rings is 1. The zero-order valence-electron chi connectivity index (χ0n) is 13.8. The van der Waals surface area contributed by atoms with E-state index in [4.69, 9.17) is 0 Å². The van der Waals surface area contributed by atoms with Crippen LogP contribution in [0.15, 0.2) is 24.3 Å². The maximum atomic E-state index is 12.7. The number of fused-ring (bicyclic) bond motifs is 1. The van der Waals surface area contributed by atoms with Crippen molar-refractivity contribution >= 4 is 33.4 Å². The summed E-state index contributed by atoms with van der Waals surface area (Å²) in [5.74, 6) is 0.0270. The fourth-order valence-corrected chi connectivity index (χ4v) is 5.00. The largest absolute Gasteiger partial charge is 0.282 e. The molecule has 0 N–H and O–H groups in total. The van der Waals surface area contributed by atoms with Crippen LogP contribution in [0.2, 0.25) is 0 Å². The fourth-order valence-electron chi connectivity index (χ4n) is 3.96. The summed E-state index contributed by atoms with van der Waals surface area (Å²) in [6.07, 6.45) is 4.27. The predicted molar refractivity (Wildman–Crippen MR) is 93.3 cm³/mol. The molecule has 0 radical (unpaired) electrons. The first kappa shape index (κ1) is 15.7. The van der Waals surface area contributed by atoms with Crippen molar-refractivity contribution in [1.82, 2.24) is 14.8 Å². The highest BCUT2D eigenvalue weighted by Crippen LogP contribution is 2.46. The van der Waals surface area contributed by atoms with Crippen molar-refractivity contribution in [3.05, 3.63) is 29.3 Å². The van der Waals surface area contributed by atoms with E-state index in [2.05, 4.69) is 11.1 Å². The first-order valence-corrected chi connectivity index (χ1v) is 9.27. The Balaban J connectivity index is 1.45. The molecule has 6 heteroatoms. The number of likely N-dealkylation sites (tertiary alicyclic amines) is 1. The van der Waals surface area contributed by atoms with Crippen LogP contribution < -0.4 is 0 Å². The van der Waals surface area contributed by atoms with Crippen molar-refractivity contribution in [2.75, 3.05) is 13.7 Å². The summed E-state index contributed by atoms with van der Waals surface area (Å²) >= 11 is 1.66. The topological polar surface area (TPSA) is 53.5 Å². The van der Waals surface area contributed by atoms with Crippen LogP contribution in [0.1, 0.15) is 37.1 Å². The molecule has 4 rings (SSSR count). The lowest BCUT2D eigenvalue weighted by atomic mass is 9.85. The molecule has 0 bridgehead atoms. The van der Waals surface area contributed by atoms with Gasteiger partial charge in [-0.05, 0) is 32.0 Å². The van der Waals surface area contributed by atoms with Crippen molar-refractivity contribution < 1.29 is 9.59 Å². The van der Waals surface area contributed by atoms with Gasteiger partial charge in [-0.1, -0.05) is 25.0 Å². The van der Waals surface area contributed by atoms with E-state index in [9.17, 15) is 9.59 Å². The lowest BCUT2D eigenvalue weighted by Gasteiger charge is -2.24. The third kappa shape index (κ3) is 2.63. The lowest BCUT2D eigenvalue weighted by Crippen LogP contribution is -2.41. The van der Waals surface area contributed by atoms with E-state index < -0.39 is 0 Å². The van der Waals surface area contributed by atoms with Gasteiger partial charge in [-0.2, -0.15) is 0 Å². The number of hydrogen-bond donors (Lipinski definition) is 0. The number of rotatable bonds is 4. The minimum absolute atomic E-state index is 0.0157. The molecule has 2 fully saturated rings. The summed E-state index contributed by atoms with van der Waals surface area (Å²) in [6.45, 7) is 0.999. The third-order valence-electron chi connectivity index (χ3n) is 5.18. The van der Waals surface area contributed by atoms with Crippen molar-refractivity contribution in [3.63, 3.8) is 0 Å². The molecule has 1 spiro atoms. The van der Waals surface area contributed by atoms with Crippen LogP contribution in [0.3, 0.4) is 0 Å². The minimum Gasteiger partial charge on any atom is -0.282 e. The van der Waals surface area contributed by atoms with Gasteiger partial charge < -0.3 is 0 Å². The molecule has 1 aliphatic carbocycles. The Hall–Kier alpha value is -1.79. The summed E-state index contributed by atoms with van der Waals surface area (Å²) in [4.78, 5) is 33.2. The molecule has 2 heterocycles. The van der Waals surface area contributed by atoms with Crippen molar-refractivity contribution in [2.45, 2.75) is 38.6 Å². The Morgan fingerprint density at radius 2 is 2.00 bits per heavy atom. The number of hydrogen-bond acceptors (Lipinski definition) is 5. The summed E-state index contributed by atoms with van der Waals surface area (Å²) in [6, 6.07) is 8.06. The molecule has 126 valence electrons. The van der Waals surface area contributed by atoms with Crippen molar-refractivity contribution in [3.8, 4) is 0 Å². The number of aromatic nitrogens is 1. The smallest absolute Gasteiger partial charge is 0.237 e. The number of benzene rings is 1. The van der Waals surface area contributed by atoms with Gasteiger partial charge in [0.05, 0.1) is 28.8 Å². The molecule has 1 aliphatic heterocycles. The molecule has 0 unspecified atom stereocenters. The molecular formula is C18H21N3O2S. The van der Waals surface area contributed by atoms with Gasteiger partial charge in [0.2, 0.25) is 11.8 Å². The Bertz CT molecular complexity index is 761. The summed E-state index contributed by atoms with van der Waals surface area (Å²) in [7, 11) is 1.94. The number of imide groups is 1. The van der Waals surface area contributed by atoms with E-state index in [1.54, 1.807) is 11.3 Å². The third-order valence-corrected chi connectivity index (χ3v) is 6.20. The fraction of sp³-hybridized carbons (Fsp3) is 0.500. The molecule has 5 nitrogen and oxygen atoms in total. The highest BCUT2D eigenvalue weighted by molar-refractivity contribution is 7.18. The van der Waals surface area contributed by atoms with E-state index in [1.165, 1.54) is 9.60 Å². The Kier molecular flexibility index (Phi) is 3.89. The van der Waals surface area contributed by atoms with E-state index in [-0.39, 0.29) is 17.2 Å². The average Bonchev–Trinajstić information content (AvgIpc) is 3.23. The summed E-state index contributed by atoms with van der Waals surface area (Å²) in [5, 5.41) is 1.01. The second-order valence-electron chi connectivity index (χ2n) is 7.02. The van der Waals surface area contributed by atoms with Gasteiger partial charge in [0, 0.05) is 6.42 Å². The van der Waals surface area contributed by atoms with Crippen LogP contribution in [0, 0.1) is 5.41 Å². The second-order valence-corrected chi connectivity index (χ2v) is 8.14. The average molecular weight is 343 g/mol. The highest BCUT2D eigenvalue weighted by Gasteiger charge is 2.52. The van der Waals surface area contributed by atoms with Gasteiger partial charge in [0.1, 0.15) is 5.01 Å². The van der Waals surface area contributed by atoms with Crippen LogP contribution in [-0.2, 0) is 16.1 Å². The number of carbonyl (C=O) groups excluding carboxylic acids is 2. The predicted octanol–water partition coefficient (Wildman–Crippen LogP) is 3.00. The number of amides is 2. The molecular weight excluding hydrogens is 322 g/mol. The Labute approximate surface area is 145 Å². The molecule has 2 aromatic rings. The zero-order valence-corrected chi connectivity index (χ0v) is 14.6. The number of nitrogens with zero attached hydrogens (tertiary/aromatic N) is 3. The maximum Gasteiger partial charge on any atom is 0.237 e. The van der Waals surface area contributed by atoms with Crippen LogP contribution in [0.4, 0.5) is 0 Å². The molecule has 1 saturated heterocycles. The molecule has 2 aliphatic rings. The van der Waals surface area contributed by atoms with Gasteiger partial charge >= 0.3 is 0 Å². The van der Waals surface area contributed by atoms with Gasteiger partial charge in [-0.25, -0.2) is 4.98 Å². The van der Waals surface area contributed by atoms with E-state index in [0.29, 0.717) is 19.6 Å². The van der Waals surface area contributed by atoms with Crippen molar-refractivity contribution in [2.24, 2.45) is 5.41 Å². The molecule has 1 aromatic heterocycles. The normalized spacial score (nSPS) is 20.2. The molecule has 0 atom stereocenters. The highest BCUT2D eigenvalue weighted by atomic mass is 32.1. The zero-order chi connectivity index (χ0) is 16.7. The standard InChI is InChI=1S/C18H21N3O2S/c1-20(11-15-19-13-6-2-3-7-14(13)24-15)12-21-16(22)10-18(17(21)23)8-4-5-9-18/h2-3,6-7H,4-5,8-12H2,1H3. The van der Waals surface area contributed by atoms with Gasteiger partial charge in [-0.15, -0.1) is 11.3 Å².